The quantitative estimate of drug-likeness (QED) is 0.420. The molecule has 1 saturated heterocycles. The van der Waals surface area contributed by atoms with Gasteiger partial charge in [-0.05, 0) is 67.9 Å². The van der Waals surface area contributed by atoms with Gasteiger partial charge in [-0.1, -0.05) is 53.0 Å². The summed E-state index contributed by atoms with van der Waals surface area (Å²) in [4.78, 5) is 17.6. The SMILES string of the molecule is COCC1(C)C(c2cccc(C)c2)N(c2ccc(Cl)cc2)C(=O)N1c1ccc(Cl)cc1. The van der Waals surface area contributed by atoms with E-state index in [9.17, 15) is 4.79 Å². The van der Waals surface area contributed by atoms with Crippen molar-refractivity contribution in [2.75, 3.05) is 23.5 Å². The molecule has 0 N–H and O–H groups in total. The van der Waals surface area contributed by atoms with Crippen molar-refractivity contribution in [2.45, 2.75) is 25.4 Å². The molecular weight excluding hydrogens is 431 g/mol. The zero-order chi connectivity index (χ0) is 22.2. The van der Waals surface area contributed by atoms with Crippen LogP contribution in [0.3, 0.4) is 0 Å². The number of amides is 2. The molecule has 0 bridgehead atoms. The first-order valence-electron chi connectivity index (χ1n) is 10.1. The molecular formula is C25H24Cl2N2O2. The third-order valence-electron chi connectivity index (χ3n) is 5.74. The molecule has 1 fully saturated rings. The van der Waals surface area contributed by atoms with Crippen molar-refractivity contribution in [3.8, 4) is 0 Å². The summed E-state index contributed by atoms with van der Waals surface area (Å²) in [5.41, 5.74) is 3.04. The number of ether oxygens (including phenoxy) is 1. The maximum atomic E-state index is 14.0. The second kappa shape index (κ2) is 8.54. The molecule has 2 amide bonds. The molecule has 6 heteroatoms. The van der Waals surface area contributed by atoms with Crippen LogP contribution in [0.2, 0.25) is 10.0 Å². The van der Waals surface area contributed by atoms with Gasteiger partial charge in [0.25, 0.3) is 0 Å². The minimum Gasteiger partial charge on any atom is -0.382 e. The third-order valence-corrected chi connectivity index (χ3v) is 6.24. The van der Waals surface area contributed by atoms with E-state index in [0.29, 0.717) is 16.7 Å². The standard InChI is InChI=1S/C25H24Cl2N2O2/c1-17-5-4-6-18(15-17)23-25(2,16-31-3)29(22-13-9-20(27)10-14-22)24(30)28(23)21-11-7-19(26)8-12-21/h4-15,23H,16H2,1-3H3. The second-order valence-corrected chi connectivity index (χ2v) is 8.92. The first-order chi connectivity index (χ1) is 14.8. The monoisotopic (exact) mass is 454 g/mol. The summed E-state index contributed by atoms with van der Waals surface area (Å²) >= 11 is 12.2. The summed E-state index contributed by atoms with van der Waals surface area (Å²) in [6.45, 7) is 4.47. The predicted octanol–water partition coefficient (Wildman–Crippen LogP) is 6.89. The fourth-order valence-electron chi connectivity index (χ4n) is 4.48. The number of hydrogen-bond donors (Lipinski definition) is 0. The molecule has 160 valence electrons. The van der Waals surface area contributed by atoms with Gasteiger partial charge in [-0.15, -0.1) is 0 Å². The van der Waals surface area contributed by atoms with Crippen molar-refractivity contribution in [3.05, 3.63) is 94.0 Å². The van der Waals surface area contributed by atoms with E-state index in [1.54, 1.807) is 31.4 Å². The Morgan fingerprint density at radius 1 is 0.935 bits per heavy atom. The van der Waals surface area contributed by atoms with Crippen molar-refractivity contribution in [1.82, 2.24) is 0 Å². The van der Waals surface area contributed by atoms with Crippen molar-refractivity contribution >= 4 is 40.6 Å². The minimum absolute atomic E-state index is 0.129. The lowest BCUT2D eigenvalue weighted by Crippen LogP contribution is -2.49. The van der Waals surface area contributed by atoms with Crippen LogP contribution in [-0.4, -0.2) is 25.3 Å². The second-order valence-electron chi connectivity index (χ2n) is 8.05. The molecule has 1 aliphatic rings. The summed E-state index contributed by atoms with van der Waals surface area (Å²) in [5.74, 6) is 0. The van der Waals surface area contributed by atoms with Gasteiger partial charge < -0.3 is 4.74 Å². The van der Waals surface area contributed by atoms with Gasteiger partial charge in [0.1, 0.15) is 0 Å². The normalized spacial score (nSPS) is 21.1. The average Bonchev–Trinajstić information content (AvgIpc) is 2.96. The molecule has 1 heterocycles. The van der Waals surface area contributed by atoms with Gasteiger partial charge in [-0.2, -0.15) is 0 Å². The van der Waals surface area contributed by atoms with Gasteiger partial charge in [0.2, 0.25) is 0 Å². The molecule has 0 aliphatic carbocycles. The van der Waals surface area contributed by atoms with E-state index >= 15 is 0 Å². The van der Waals surface area contributed by atoms with Gasteiger partial charge in [-0.25, -0.2) is 4.79 Å². The van der Waals surface area contributed by atoms with E-state index in [0.717, 1.165) is 22.5 Å². The van der Waals surface area contributed by atoms with Crippen molar-refractivity contribution in [1.29, 1.82) is 0 Å². The van der Waals surface area contributed by atoms with E-state index in [-0.39, 0.29) is 12.1 Å². The molecule has 0 saturated carbocycles. The van der Waals surface area contributed by atoms with E-state index in [1.807, 2.05) is 40.1 Å². The third kappa shape index (κ3) is 3.91. The Bertz CT molecular complexity index is 1090. The van der Waals surface area contributed by atoms with E-state index < -0.39 is 5.54 Å². The number of urea groups is 1. The average molecular weight is 455 g/mol. The Morgan fingerprint density at radius 2 is 1.52 bits per heavy atom. The molecule has 3 aromatic carbocycles. The maximum Gasteiger partial charge on any atom is 0.330 e. The number of aryl methyl sites for hydroxylation is 1. The van der Waals surface area contributed by atoms with Crippen molar-refractivity contribution in [2.24, 2.45) is 0 Å². The van der Waals surface area contributed by atoms with Crippen LogP contribution in [0.4, 0.5) is 16.2 Å². The van der Waals surface area contributed by atoms with Crippen LogP contribution in [0, 0.1) is 6.92 Å². The van der Waals surface area contributed by atoms with Crippen LogP contribution in [0.1, 0.15) is 24.1 Å². The number of methoxy groups -OCH3 is 1. The molecule has 2 unspecified atom stereocenters. The fraction of sp³-hybridized carbons (Fsp3) is 0.240. The highest BCUT2D eigenvalue weighted by molar-refractivity contribution is 6.31. The van der Waals surface area contributed by atoms with Crippen molar-refractivity contribution in [3.63, 3.8) is 0 Å². The lowest BCUT2D eigenvalue weighted by Gasteiger charge is -2.38. The molecule has 0 spiro atoms. The zero-order valence-corrected chi connectivity index (χ0v) is 19.2. The summed E-state index contributed by atoms with van der Waals surface area (Å²) in [5, 5.41) is 1.24. The Hall–Kier alpha value is -2.53. The zero-order valence-electron chi connectivity index (χ0n) is 17.7. The topological polar surface area (TPSA) is 32.8 Å². The summed E-state index contributed by atoms with van der Waals surface area (Å²) in [6.07, 6.45) is 0. The largest absolute Gasteiger partial charge is 0.382 e. The van der Waals surface area contributed by atoms with Crippen LogP contribution >= 0.6 is 23.2 Å². The summed E-state index contributed by atoms with van der Waals surface area (Å²) < 4.78 is 5.67. The molecule has 31 heavy (non-hydrogen) atoms. The van der Waals surface area contributed by atoms with Crippen molar-refractivity contribution < 1.29 is 9.53 Å². The minimum atomic E-state index is -0.674. The Labute approximate surface area is 192 Å². The molecule has 4 rings (SSSR count). The molecule has 3 aromatic rings. The van der Waals surface area contributed by atoms with E-state index in [4.69, 9.17) is 27.9 Å². The van der Waals surface area contributed by atoms with Crippen LogP contribution in [-0.2, 0) is 4.74 Å². The van der Waals surface area contributed by atoms with Gasteiger partial charge in [-0.3, -0.25) is 9.80 Å². The Balaban J connectivity index is 1.94. The predicted molar refractivity (Wildman–Crippen MR) is 127 cm³/mol. The van der Waals surface area contributed by atoms with Gasteiger partial charge in [0.05, 0.1) is 18.2 Å². The fourth-order valence-corrected chi connectivity index (χ4v) is 4.73. The van der Waals surface area contributed by atoms with Gasteiger partial charge >= 0.3 is 6.03 Å². The molecule has 0 aromatic heterocycles. The van der Waals surface area contributed by atoms with E-state index in [1.165, 1.54) is 0 Å². The number of rotatable bonds is 5. The summed E-state index contributed by atoms with van der Waals surface area (Å²) in [6, 6.07) is 22.5. The lowest BCUT2D eigenvalue weighted by atomic mass is 9.86. The van der Waals surface area contributed by atoms with Crippen LogP contribution in [0.15, 0.2) is 72.8 Å². The number of carbonyl (C=O) groups excluding carboxylic acids is 1. The Kier molecular flexibility index (Phi) is 5.98. The number of hydrogen-bond acceptors (Lipinski definition) is 2. The van der Waals surface area contributed by atoms with Crippen LogP contribution < -0.4 is 9.80 Å². The highest BCUT2D eigenvalue weighted by Gasteiger charge is 2.56. The highest BCUT2D eigenvalue weighted by Crippen LogP contribution is 2.48. The van der Waals surface area contributed by atoms with Gasteiger partial charge in [0.15, 0.2) is 0 Å². The number of carbonyl (C=O) groups is 1. The van der Waals surface area contributed by atoms with Gasteiger partial charge in [0, 0.05) is 28.5 Å². The first-order valence-corrected chi connectivity index (χ1v) is 10.8. The number of benzene rings is 3. The highest BCUT2D eigenvalue weighted by atomic mass is 35.5. The molecule has 1 aliphatic heterocycles. The lowest BCUT2D eigenvalue weighted by molar-refractivity contribution is 0.134. The Morgan fingerprint density at radius 3 is 2.06 bits per heavy atom. The summed E-state index contributed by atoms with van der Waals surface area (Å²) in [7, 11) is 1.66. The smallest absolute Gasteiger partial charge is 0.330 e. The van der Waals surface area contributed by atoms with Crippen LogP contribution in [0.25, 0.3) is 0 Å². The molecule has 0 radical (unpaired) electrons. The number of halogens is 2. The number of anilines is 2. The van der Waals surface area contributed by atoms with Crippen LogP contribution in [0.5, 0.6) is 0 Å². The number of nitrogens with zero attached hydrogens (tertiary/aromatic N) is 2. The van der Waals surface area contributed by atoms with E-state index in [2.05, 4.69) is 32.0 Å². The first kappa shape index (κ1) is 21.7. The molecule has 4 nitrogen and oxygen atoms in total. The maximum absolute atomic E-state index is 14.0. The molecule has 2 atom stereocenters.